The zero-order chi connectivity index (χ0) is 17.0. The molecule has 1 N–H and O–H groups in total. The summed E-state index contributed by atoms with van der Waals surface area (Å²) in [6.07, 6.45) is 16.0. The summed E-state index contributed by atoms with van der Waals surface area (Å²) in [6.45, 7) is 2.28. The van der Waals surface area contributed by atoms with Crippen molar-refractivity contribution in [3.8, 4) is 5.75 Å². The van der Waals surface area contributed by atoms with Crippen LogP contribution in [0.1, 0.15) is 83.1 Å². The maximum absolute atomic E-state index is 10.4. The molecular weight excluding hydrogens is 292 g/mol. The largest absolute Gasteiger partial charge is 0.507 e. The fraction of sp³-hybridized carbons (Fsp3) is 0.565. The van der Waals surface area contributed by atoms with E-state index in [1.807, 2.05) is 18.2 Å². The Kier molecular flexibility index (Phi) is 8.73. The molecule has 0 atom stereocenters. The molecule has 0 spiro atoms. The summed E-state index contributed by atoms with van der Waals surface area (Å²) in [4.78, 5) is 0. The van der Waals surface area contributed by atoms with Crippen LogP contribution < -0.4 is 0 Å². The van der Waals surface area contributed by atoms with E-state index < -0.39 is 0 Å². The summed E-state index contributed by atoms with van der Waals surface area (Å²) in [7, 11) is 0. The second-order valence-corrected chi connectivity index (χ2v) is 7.08. The van der Waals surface area contributed by atoms with E-state index in [1.54, 1.807) is 0 Å². The van der Waals surface area contributed by atoms with E-state index in [0.29, 0.717) is 5.75 Å². The summed E-state index contributed by atoms with van der Waals surface area (Å²) < 4.78 is 0. The highest BCUT2D eigenvalue weighted by Gasteiger charge is 2.05. The van der Waals surface area contributed by atoms with Gasteiger partial charge in [-0.25, -0.2) is 0 Å². The van der Waals surface area contributed by atoms with Crippen molar-refractivity contribution in [2.24, 2.45) is 0 Å². The Morgan fingerprint density at radius 3 is 1.92 bits per heavy atom. The first kappa shape index (κ1) is 18.8. The summed E-state index contributed by atoms with van der Waals surface area (Å²) in [6, 6.07) is 12.3. The van der Waals surface area contributed by atoms with Crippen LogP contribution in [0.5, 0.6) is 5.75 Å². The zero-order valence-electron chi connectivity index (χ0n) is 15.4. The van der Waals surface area contributed by atoms with Crippen molar-refractivity contribution in [2.45, 2.75) is 84.0 Å². The molecule has 0 heterocycles. The van der Waals surface area contributed by atoms with Crippen molar-refractivity contribution in [3.63, 3.8) is 0 Å². The van der Waals surface area contributed by atoms with E-state index in [0.717, 1.165) is 22.8 Å². The highest BCUT2D eigenvalue weighted by atomic mass is 16.3. The number of rotatable bonds is 12. The number of benzene rings is 2. The third-order valence-corrected chi connectivity index (χ3v) is 5.03. The standard InChI is InChI=1S/C23H34O/c1-2-3-4-5-6-7-8-9-10-11-12-16-21-19-18-20-15-13-14-17-22(20)23(21)24/h13-15,17-19,24H,2-12,16H2,1H3. The number of hydrogen-bond acceptors (Lipinski definition) is 1. The van der Waals surface area contributed by atoms with Crippen molar-refractivity contribution >= 4 is 10.8 Å². The van der Waals surface area contributed by atoms with Crippen molar-refractivity contribution < 1.29 is 5.11 Å². The van der Waals surface area contributed by atoms with Crippen molar-refractivity contribution in [1.82, 2.24) is 0 Å². The van der Waals surface area contributed by atoms with Crippen LogP contribution in [-0.4, -0.2) is 5.11 Å². The van der Waals surface area contributed by atoms with Crippen LogP contribution in [0.3, 0.4) is 0 Å². The van der Waals surface area contributed by atoms with Gasteiger partial charge in [-0.05, 0) is 23.8 Å². The van der Waals surface area contributed by atoms with Crippen LogP contribution in [0.15, 0.2) is 36.4 Å². The van der Waals surface area contributed by atoms with E-state index >= 15 is 0 Å². The molecule has 0 radical (unpaired) electrons. The number of fused-ring (bicyclic) bond motifs is 1. The van der Waals surface area contributed by atoms with Gasteiger partial charge in [0, 0.05) is 5.39 Å². The average Bonchev–Trinajstić information content (AvgIpc) is 2.61. The molecule has 0 aliphatic carbocycles. The Balaban J connectivity index is 1.57. The van der Waals surface area contributed by atoms with Crippen LogP contribution in [0.2, 0.25) is 0 Å². The number of aromatic hydroxyl groups is 1. The molecule has 0 aromatic heterocycles. The Hall–Kier alpha value is -1.50. The Morgan fingerprint density at radius 2 is 1.25 bits per heavy atom. The molecule has 1 heteroatoms. The topological polar surface area (TPSA) is 20.2 Å². The lowest BCUT2D eigenvalue weighted by atomic mass is 10.00. The third-order valence-electron chi connectivity index (χ3n) is 5.03. The quantitative estimate of drug-likeness (QED) is 0.403. The zero-order valence-corrected chi connectivity index (χ0v) is 15.4. The molecule has 0 amide bonds. The van der Waals surface area contributed by atoms with Gasteiger partial charge >= 0.3 is 0 Å². The molecule has 0 saturated carbocycles. The van der Waals surface area contributed by atoms with E-state index in [4.69, 9.17) is 0 Å². The van der Waals surface area contributed by atoms with Gasteiger partial charge in [0.15, 0.2) is 0 Å². The van der Waals surface area contributed by atoms with E-state index in [1.165, 1.54) is 70.6 Å². The number of aryl methyl sites for hydroxylation is 1. The molecule has 0 aliphatic rings. The summed E-state index contributed by atoms with van der Waals surface area (Å²) in [5.74, 6) is 0.486. The molecule has 0 unspecified atom stereocenters. The first-order chi connectivity index (χ1) is 11.8. The molecule has 2 rings (SSSR count). The monoisotopic (exact) mass is 326 g/mol. The van der Waals surface area contributed by atoms with E-state index in [2.05, 4.69) is 25.1 Å². The van der Waals surface area contributed by atoms with E-state index in [-0.39, 0.29) is 0 Å². The highest BCUT2D eigenvalue weighted by Crippen LogP contribution is 2.29. The molecular formula is C23H34O. The predicted octanol–water partition coefficient (Wildman–Crippen LogP) is 7.40. The Labute approximate surface area is 148 Å². The van der Waals surface area contributed by atoms with Crippen molar-refractivity contribution in [3.05, 3.63) is 42.0 Å². The van der Waals surface area contributed by atoms with Crippen molar-refractivity contribution in [2.75, 3.05) is 0 Å². The summed E-state index contributed by atoms with van der Waals surface area (Å²) in [5.41, 5.74) is 1.10. The van der Waals surface area contributed by atoms with Crippen LogP contribution in [-0.2, 0) is 6.42 Å². The SMILES string of the molecule is CCCCCCCCCCCCCc1ccc2ccccc2c1O. The van der Waals surface area contributed by atoms with Gasteiger partial charge in [0.25, 0.3) is 0 Å². The van der Waals surface area contributed by atoms with Gasteiger partial charge in [0.1, 0.15) is 5.75 Å². The summed E-state index contributed by atoms with van der Waals surface area (Å²) >= 11 is 0. The van der Waals surface area contributed by atoms with Gasteiger partial charge in [0.2, 0.25) is 0 Å². The molecule has 24 heavy (non-hydrogen) atoms. The van der Waals surface area contributed by atoms with Gasteiger partial charge in [-0.3, -0.25) is 0 Å². The lowest BCUT2D eigenvalue weighted by Crippen LogP contribution is -1.89. The minimum atomic E-state index is 0.486. The number of phenolic OH excluding ortho intramolecular Hbond substituents is 1. The number of unbranched alkanes of at least 4 members (excludes halogenated alkanes) is 10. The third kappa shape index (κ3) is 6.19. The van der Waals surface area contributed by atoms with Crippen molar-refractivity contribution in [1.29, 1.82) is 0 Å². The highest BCUT2D eigenvalue weighted by molar-refractivity contribution is 5.89. The van der Waals surface area contributed by atoms with Gasteiger partial charge in [-0.15, -0.1) is 0 Å². The van der Waals surface area contributed by atoms with Gasteiger partial charge in [-0.2, -0.15) is 0 Å². The summed E-state index contributed by atoms with van der Waals surface area (Å²) in [5, 5.41) is 12.5. The molecule has 132 valence electrons. The molecule has 0 saturated heterocycles. The van der Waals surface area contributed by atoms with Crippen LogP contribution in [0, 0.1) is 0 Å². The first-order valence-electron chi connectivity index (χ1n) is 10.0. The maximum Gasteiger partial charge on any atom is 0.126 e. The fourth-order valence-corrected chi connectivity index (χ4v) is 3.48. The maximum atomic E-state index is 10.4. The Morgan fingerprint density at radius 1 is 0.667 bits per heavy atom. The minimum absolute atomic E-state index is 0.486. The van der Waals surface area contributed by atoms with Gasteiger partial charge in [-0.1, -0.05) is 108 Å². The van der Waals surface area contributed by atoms with Crippen LogP contribution >= 0.6 is 0 Å². The van der Waals surface area contributed by atoms with Crippen LogP contribution in [0.25, 0.3) is 10.8 Å². The normalized spacial score (nSPS) is 11.2. The molecule has 0 bridgehead atoms. The van der Waals surface area contributed by atoms with E-state index in [9.17, 15) is 5.11 Å². The molecule has 2 aromatic rings. The van der Waals surface area contributed by atoms with Gasteiger partial charge < -0.3 is 5.11 Å². The average molecular weight is 327 g/mol. The Bertz CT molecular complexity index is 588. The lowest BCUT2D eigenvalue weighted by molar-refractivity contribution is 0.472. The predicted molar refractivity (Wildman–Crippen MR) is 106 cm³/mol. The van der Waals surface area contributed by atoms with Gasteiger partial charge in [0.05, 0.1) is 0 Å². The molecule has 0 aliphatic heterocycles. The number of phenols is 1. The molecule has 1 nitrogen and oxygen atoms in total. The van der Waals surface area contributed by atoms with Crippen LogP contribution in [0.4, 0.5) is 0 Å². The number of hydrogen-bond donors (Lipinski definition) is 1. The molecule has 0 fully saturated rings. The second kappa shape index (κ2) is 11.1. The minimum Gasteiger partial charge on any atom is -0.507 e. The smallest absolute Gasteiger partial charge is 0.126 e. The lowest BCUT2D eigenvalue weighted by Gasteiger charge is -2.08. The molecule has 2 aromatic carbocycles. The fourth-order valence-electron chi connectivity index (χ4n) is 3.48. The first-order valence-corrected chi connectivity index (χ1v) is 10.0. The second-order valence-electron chi connectivity index (χ2n) is 7.08.